The molecule has 1 aromatic carbocycles. The van der Waals surface area contributed by atoms with E-state index in [1.165, 1.54) is 18.9 Å². The van der Waals surface area contributed by atoms with Gasteiger partial charge in [-0.1, -0.05) is 12.1 Å². The predicted molar refractivity (Wildman–Crippen MR) is 79.6 cm³/mol. The van der Waals surface area contributed by atoms with Crippen LogP contribution in [0.5, 0.6) is 5.75 Å². The van der Waals surface area contributed by atoms with E-state index in [0.29, 0.717) is 12.6 Å². The molecule has 2 aromatic rings. The van der Waals surface area contributed by atoms with Crippen molar-refractivity contribution in [2.45, 2.75) is 39.0 Å². The summed E-state index contributed by atoms with van der Waals surface area (Å²) in [7, 11) is 0. The van der Waals surface area contributed by atoms with Gasteiger partial charge in [-0.15, -0.1) is 0 Å². The van der Waals surface area contributed by atoms with E-state index in [-0.39, 0.29) is 18.2 Å². The minimum Gasteiger partial charge on any atom is -0.484 e. The van der Waals surface area contributed by atoms with Crippen LogP contribution in [0.15, 0.2) is 36.5 Å². The van der Waals surface area contributed by atoms with Gasteiger partial charge in [-0.3, -0.25) is 4.98 Å². The first kappa shape index (κ1) is 14.0. The first-order valence-electron chi connectivity index (χ1n) is 7.27. The summed E-state index contributed by atoms with van der Waals surface area (Å²) in [5.41, 5.74) is 2.82. The van der Waals surface area contributed by atoms with Crippen molar-refractivity contribution in [2.75, 3.05) is 0 Å². The van der Waals surface area contributed by atoms with Crippen LogP contribution in [0, 0.1) is 12.7 Å². The summed E-state index contributed by atoms with van der Waals surface area (Å²) in [6.07, 6.45) is 4.18. The van der Waals surface area contributed by atoms with Crippen molar-refractivity contribution in [1.29, 1.82) is 0 Å². The minimum absolute atomic E-state index is 0.273. The number of ether oxygens (including phenoxy) is 1. The summed E-state index contributed by atoms with van der Waals surface area (Å²) in [5, 5.41) is 3.37. The van der Waals surface area contributed by atoms with Gasteiger partial charge in [-0.25, -0.2) is 4.39 Å². The number of nitrogens with zero attached hydrogens (tertiary/aromatic N) is 1. The number of aryl methyl sites for hydroxylation is 1. The van der Waals surface area contributed by atoms with Crippen LogP contribution in [0.3, 0.4) is 0 Å². The molecule has 0 saturated heterocycles. The fourth-order valence-corrected chi connectivity index (χ4v) is 2.14. The first-order chi connectivity index (χ1) is 10.2. The standard InChI is InChI=1S/C17H19FN2O/c1-12-3-2-8-19-16(12)11-21-17-7-4-13(9-15(17)18)10-20-14-5-6-14/h2-4,7-9,14,20H,5-6,10-11H2,1H3. The summed E-state index contributed by atoms with van der Waals surface area (Å²) >= 11 is 0. The summed E-state index contributed by atoms with van der Waals surface area (Å²) in [4.78, 5) is 4.24. The number of hydrogen-bond acceptors (Lipinski definition) is 3. The molecule has 0 radical (unpaired) electrons. The maximum Gasteiger partial charge on any atom is 0.165 e. The molecule has 1 saturated carbocycles. The molecule has 4 heteroatoms. The van der Waals surface area contributed by atoms with Crippen molar-refractivity contribution in [3.05, 3.63) is 59.2 Å². The van der Waals surface area contributed by atoms with Crippen LogP contribution in [0.2, 0.25) is 0 Å². The van der Waals surface area contributed by atoms with E-state index in [2.05, 4.69) is 10.3 Å². The lowest BCUT2D eigenvalue weighted by Gasteiger charge is -2.10. The second-order valence-electron chi connectivity index (χ2n) is 5.48. The number of pyridine rings is 1. The molecule has 3 rings (SSSR count). The molecule has 0 spiro atoms. The van der Waals surface area contributed by atoms with Crippen molar-refractivity contribution in [2.24, 2.45) is 0 Å². The van der Waals surface area contributed by atoms with Gasteiger partial charge in [0.25, 0.3) is 0 Å². The highest BCUT2D eigenvalue weighted by Crippen LogP contribution is 2.22. The molecule has 0 unspecified atom stereocenters. The van der Waals surface area contributed by atoms with Gasteiger partial charge in [-0.2, -0.15) is 0 Å². The van der Waals surface area contributed by atoms with E-state index in [1.807, 2.05) is 25.1 Å². The Morgan fingerprint density at radius 3 is 2.90 bits per heavy atom. The molecular weight excluding hydrogens is 267 g/mol. The zero-order valence-electron chi connectivity index (χ0n) is 12.1. The topological polar surface area (TPSA) is 34.1 Å². The highest BCUT2D eigenvalue weighted by molar-refractivity contribution is 5.30. The summed E-state index contributed by atoms with van der Waals surface area (Å²) < 4.78 is 19.6. The lowest BCUT2D eigenvalue weighted by molar-refractivity contribution is 0.285. The first-order valence-corrected chi connectivity index (χ1v) is 7.27. The van der Waals surface area contributed by atoms with Crippen molar-refractivity contribution >= 4 is 0 Å². The lowest BCUT2D eigenvalue weighted by atomic mass is 10.2. The van der Waals surface area contributed by atoms with Crippen LogP contribution >= 0.6 is 0 Å². The summed E-state index contributed by atoms with van der Waals surface area (Å²) in [6, 6.07) is 9.60. The zero-order chi connectivity index (χ0) is 14.7. The van der Waals surface area contributed by atoms with Crippen molar-refractivity contribution < 1.29 is 9.13 Å². The maximum atomic E-state index is 14.0. The Kier molecular flexibility index (Phi) is 4.15. The minimum atomic E-state index is -0.321. The number of hydrogen-bond donors (Lipinski definition) is 1. The summed E-state index contributed by atoms with van der Waals surface area (Å²) in [6.45, 7) is 2.96. The van der Waals surface area contributed by atoms with Crippen LogP contribution in [-0.4, -0.2) is 11.0 Å². The Hall–Kier alpha value is -1.94. The Labute approximate surface area is 124 Å². The molecule has 0 aliphatic heterocycles. The normalized spacial score (nSPS) is 14.2. The fourth-order valence-electron chi connectivity index (χ4n) is 2.14. The lowest BCUT2D eigenvalue weighted by Crippen LogP contribution is -2.15. The number of rotatable bonds is 6. The predicted octanol–water partition coefficient (Wildman–Crippen LogP) is 3.36. The van der Waals surface area contributed by atoms with Gasteiger partial charge in [0.1, 0.15) is 6.61 Å². The number of aromatic nitrogens is 1. The quantitative estimate of drug-likeness (QED) is 0.884. The number of nitrogens with one attached hydrogen (secondary N) is 1. The van der Waals surface area contributed by atoms with Crippen LogP contribution in [0.4, 0.5) is 4.39 Å². The van der Waals surface area contributed by atoms with Crippen molar-refractivity contribution in [1.82, 2.24) is 10.3 Å². The molecule has 0 bridgehead atoms. The van der Waals surface area contributed by atoms with Gasteiger partial charge in [-0.05, 0) is 49.1 Å². The largest absolute Gasteiger partial charge is 0.484 e. The molecule has 0 amide bonds. The zero-order valence-corrected chi connectivity index (χ0v) is 12.1. The summed E-state index contributed by atoms with van der Waals surface area (Å²) in [5.74, 6) is -0.0473. The second kappa shape index (κ2) is 6.22. The number of halogens is 1. The van der Waals surface area contributed by atoms with E-state index >= 15 is 0 Å². The molecule has 1 aromatic heterocycles. The van der Waals surface area contributed by atoms with E-state index in [0.717, 1.165) is 16.8 Å². The molecule has 1 N–H and O–H groups in total. The average molecular weight is 286 g/mol. The molecule has 1 aliphatic carbocycles. The average Bonchev–Trinajstić information content (AvgIpc) is 3.30. The molecular formula is C17H19FN2O. The molecule has 1 fully saturated rings. The third kappa shape index (κ3) is 3.79. The molecule has 3 nitrogen and oxygen atoms in total. The van der Waals surface area contributed by atoms with Gasteiger partial charge in [0.05, 0.1) is 5.69 Å². The van der Waals surface area contributed by atoms with E-state index in [4.69, 9.17) is 4.74 Å². The molecule has 1 aliphatic rings. The van der Waals surface area contributed by atoms with E-state index in [9.17, 15) is 4.39 Å². The van der Waals surface area contributed by atoms with Crippen LogP contribution < -0.4 is 10.1 Å². The fraction of sp³-hybridized carbons (Fsp3) is 0.353. The van der Waals surface area contributed by atoms with E-state index < -0.39 is 0 Å². The monoisotopic (exact) mass is 286 g/mol. The van der Waals surface area contributed by atoms with Crippen molar-refractivity contribution in [3.63, 3.8) is 0 Å². The smallest absolute Gasteiger partial charge is 0.165 e. The van der Waals surface area contributed by atoms with Gasteiger partial charge in [0.15, 0.2) is 11.6 Å². The third-order valence-corrected chi connectivity index (χ3v) is 3.65. The molecule has 1 heterocycles. The molecule has 0 atom stereocenters. The molecule has 110 valence electrons. The highest BCUT2D eigenvalue weighted by atomic mass is 19.1. The van der Waals surface area contributed by atoms with Crippen LogP contribution in [0.25, 0.3) is 0 Å². The Bertz CT molecular complexity index is 626. The van der Waals surface area contributed by atoms with Crippen molar-refractivity contribution in [3.8, 4) is 5.75 Å². The van der Waals surface area contributed by atoms with Gasteiger partial charge in [0.2, 0.25) is 0 Å². The third-order valence-electron chi connectivity index (χ3n) is 3.65. The van der Waals surface area contributed by atoms with Gasteiger partial charge in [0, 0.05) is 18.8 Å². The van der Waals surface area contributed by atoms with Gasteiger partial charge >= 0.3 is 0 Å². The Balaban J connectivity index is 1.61. The highest BCUT2D eigenvalue weighted by Gasteiger charge is 2.20. The Morgan fingerprint density at radius 1 is 1.33 bits per heavy atom. The Morgan fingerprint density at radius 2 is 2.19 bits per heavy atom. The second-order valence-corrected chi connectivity index (χ2v) is 5.48. The maximum absolute atomic E-state index is 14.0. The van der Waals surface area contributed by atoms with Crippen LogP contribution in [0.1, 0.15) is 29.7 Å². The SMILES string of the molecule is Cc1cccnc1COc1ccc(CNC2CC2)cc1F. The van der Waals surface area contributed by atoms with Crippen LogP contribution in [-0.2, 0) is 13.2 Å². The van der Waals surface area contributed by atoms with E-state index in [1.54, 1.807) is 12.3 Å². The van der Waals surface area contributed by atoms with Gasteiger partial charge < -0.3 is 10.1 Å². The number of benzene rings is 1. The molecule has 21 heavy (non-hydrogen) atoms.